The molecule has 0 saturated heterocycles. The number of aryl methyl sites for hydroxylation is 2. The topological polar surface area (TPSA) is 58.6 Å². The molecule has 152 valence electrons. The standard InChI is InChI=1S/C24H28N2O3/c1-6-12-29-20-9-7-8-19(14-20)25-22-21(18-11-10-16(4)17(5)13-18)23(27)26(15(2)3)24(22)28/h7-11,13-15,25H,6,12H2,1-5H3. The van der Waals surface area contributed by atoms with E-state index in [2.05, 4.69) is 5.32 Å². The van der Waals surface area contributed by atoms with Gasteiger partial charge in [-0.15, -0.1) is 0 Å². The Labute approximate surface area is 172 Å². The Bertz CT molecular complexity index is 976. The van der Waals surface area contributed by atoms with Crippen molar-refractivity contribution < 1.29 is 14.3 Å². The van der Waals surface area contributed by atoms with Gasteiger partial charge in [0.05, 0.1) is 12.2 Å². The van der Waals surface area contributed by atoms with Crippen molar-refractivity contribution in [2.75, 3.05) is 11.9 Å². The van der Waals surface area contributed by atoms with Gasteiger partial charge in [-0.05, 0) is 62.9 Å². The van der Waals surface area contributed by atoms with Crippen molar-refractivity contribution in [1.29, 1.82) is 0 Å². The van der Waals surface area contributed by atoms with E-state index in [4.69, 9.17) is 4.74 Å². The van der Waals surface area contributed by atoms with E-state index in [9.17, 15) is 9.59 Å². The third kappa shape index (κ3) is 4.19. The second kappa shape index (κ2) is 8.52. The fourth-order valence-electron chi connectivity index (χ4n) is 3.32. The lowest BCUT2D eigenvalue weighted by atomic mass is 9.99. The van der Waals surface area contributed by atoms with Crippen molar-refractivity contribution in [3.8, 4) is 5.75 Å². The first-order chi connectivity index (χ1) is 13.8. The molecule has 2 aromatic carbocycles. The van der Waals surface area contributed by atoms with Gasteiger partial charge in [-0.1, -0.05) is 31.2 Å². The van der Waals surface area contributed by atoms with Gasteiger partial charge < -0.3 is 10.1 Å². The van der Waals surface area contributed by atoms with Crippen LogP contribution in [-0.4, -0.2) is 29.4 Å². The summed E-state index contributed by atoms with van der Waals surface area (Å²) in [5, 5.41) is 3.19. The molecule has 2 amide bonds. The van der Waals surface area contributed by atoms with E-state index in [-0.39, 0.29) is 17.9 Å². The van der Waals surface area contributed by atoms with Crippen molar-refractivity contribution in [3.63, 3.8) is 0 Å². The minimum absolute atomic E-state index is 0.227. The fraction of sp³-hybridized carbons (Fsp3) is 0.333. The maximum atomic E-state index is 13.1. The molecule has 1 aliphatic rings. The number of hydrogen-bond acceptors (Lipinski definition) is 4. The predicted molar refractivity (Wildman–Crippen MR) is 116 cm³/mol. The Balaban J connectivity index is 2.05. The second-order valence-electron chi connectivity index (χ2n) is 7.62. The number of nitrogens with one attached hydrogen (secondary N) is 1. The Morgan fingerprint density at radius 2 is 1.76 bits per heavy atom. The molecule has 1 aliphatic heterocycles. The summed E-state index contributed by atoms with van der Waals surface area (Å²) in [6.45, 7) is 10.4. The van der Waals surface area contributed by atoms with Gasteiger partial charge >= 0.3 is 0 Å². The summed E-state index contributed by atoms with van der Waals surface area (Å²) in [7, 11) is 0. The minimum atomic E-state index is -0.307. The van der Waals surface area contributed by atoms with Crippen molar-refractivity contribution in [2.24, 2.45) is 0 Å². The number of benzene rings is 2. The number of nitrogens with zero attached hydrogens (tertiary/aromatic N) is 1. The molecule has 3 rings (SSSR count). The number of ether oxygens (including phenoxy) is 1. The molecule has 0 fully saturated rings. The predicted octanol–water partition coefficient (Wildman–Crippen LogP) is 4.69. The first kappa shape index (κ1) is 20.6. The summed E-state index contributed by atoms with van der Waals surface area (Å²) in [5.41, 5.74) is 4.39. The monoisotopic (exact) mass is 392 g/mol. The molecule has 29 heavy (non-hydrogen) atoms. The Morgan fingerprint density at radius 1 is 1.00 bits per heavy atom. The van der Waals surface area contributed by atoms with E-state index < -0.39 is 0 Å². The summed E-state index contributed by atoms with van der Waals surface area (Å²) < 4.78 is 5.69. The van der Waals surface area contributed by atoms with E-state index >= 15 is 0 Å². The average Bonchev–Trinajstić information content (AvgIpc) is 2.92. The summed E-state index contributed by atoms with van der Waals surface area (Å²) in [6.07, 6.45) is 0.913. The van der Waals surface area contributed by atoms with Crippen LogP contribution in [0, 0.1) is 13.8 Å². The van der Waals surface area contributed by atoms with Crippen LogP contribution in [0.2, 0.25) is 0 Å². The van der Waals surface area contributed by atoms with E-state index in [0.717, 1.165) is 28.9 Å². The zero-order chi connectivity index (χ0) is 21.1. The van der Waals surface area contributed by atoms with Gasteiger partial charge in [-0.2, -0.15) is 0 Å². The largest absolute Gasteiger partial charge is 0.494 e. The molecular weight excluding hydrogens is 364 g/mol. The Kier molecular flexibility index (Phi) is 6.06. The molecule has 0 spiro atoms. The van der Waals surface area contributed by atoms with Crippen molar-refractivity contribution in [2.45, 2.75) is 47.1 Å². The highest BCUT2D eigenvalue weighted by atomic mass is 16.5. The van der Waals surface area contributed by atoms with Crippen molar-refractivity contribution in [1.82, 2.24) is 4.90 Å². The molecule has 0 atom stereocenters. The molecule has 2 aromatic rings. The van der Waals surface area contributed by atoms with Crippen molar-refractivity contribution in [3.05, 3.63) is 64.9 Å². The summed E-state index contributed by atoms with van der Waals surface area (Å²) >= 11 is 0. The van der Waals surface area contributed by atoms with Gasteiger partial charge in [0.2, 0.25) is 0 Å². The first-order valence-electron chi connectivity index (χ1n) is 10.0. The first-order valence-corrected chi connectivity index (χ1v) is 10.0. The maximum absolute atomic E-state index is 13.1. The van der Waals surface area contributed by atoms with Gasteiger partial charge in [0, 0.05) is 17.8 Å². The van der Waals surface area contributed by atoms with Gasteiger partial charge in [0.1, 0.15) is 11.4 Å². The summed E-state index contributed by atoms with van der Waals surface area (Å²) in [6, 6.07) is 13.1. The van der Waals surface area contributed by atoms with E-state index in [1.165, 1.54) is 4.90 Å². The molecule has 0 aromatic heterocycles. The summed E-state index contributed by atoms with van der Waals surface area (Å²) in [4.78, 5) is 27.6. The summed E-state index contributed by atoms with van der Waals surface area (Å²) in [5.74, 6) is 0.148. The van der Waals surface area contributed by atoms with E-state index in [1.807, 2.05) is 77.1 Å². The molecule has 5 nitrogen and oxygen atoms in total. The van der Waals surface area contributed by atoms with E-state index in [1.54, 1.807) is 0 Å². The lowest BCUT2D eigenvalue weighted by Crippen LogP contribution is -2.38. The van der Waals surface area contributed by atoms with Crippen LogP contribution >= 0.6 is 0 Å². The van der Waals surface area contributed by atoms with Crippen LogP contribution in [-0.2, 0) is 9.59 Å². The maximum Gasteiger partial charge on any atom is 0.278 e. The number of hydrogen-bond donors (Lipinski definition) is 1. The molecule has 1 N–H and O–H groups in total. The Hall–Kier alpha value is -3.08. The minimum Gasteiger partial charge on any atom is -0.494 e. The highest BCUT2D eigenvalue weighted by molar-refractivity contribution is 6.36. The van der Waals surface area contributed by atoms with Gasteiger partial charge in [-0.3, -0.25) is 14.5 Å². The van der Waals surface area contributed by atoms with Crippen LogP contribution < -0.4 is 10.1 Å². The van der Waals surface area contributed by atoms with Gasteiger partial charge in [0.25, 0.3) is 11.8 Å². The van der Waals surface area contributed by atoms with Crippen LogP contribution in [0.15, 0.2) is 48.2 Å². The molecule has 0 bridgehead atoms. The van der Waals surface area contributed by atoms with Gasteiger partial charge in [-0.25, -0.2) is 0 Å². The molecule has 5 heteroatoms. The zero-order valence-electron chi connectivity index (χ0n) is 17.7. The van der Waals surface area contributed by atoms with Crippen LogP contribution in [0.5, 0.6) is 5.75 Å². The quantitative estimate of drug-likeness (QED) is 0.695. The molecular formula is C24H28N2O3. The fourth-order valence-corrected chi connectivity index (χ4v) is 3.32. The van der Waals surface area contributed by atoms with Gasteiger partial charge in [0.15, 0.2) is 0 Å². The molecule has 1 heterocycles. The Morgan fingerprint density at radius 3 is 2.41 bits per heavy atom. The van der Waals surface area contributed by atoms with Crippen LogP contribution in [0.1, 0.15) is 43.9 Å². The number of carbonyl (C=O) groups is 2. The normalized spacial score (nSPS) is 14.2. The lowest BCUT2D eigenvalue weighted by molar-refractivity contribution is -0.138. The number of imide groups is 1. The third-order valence-electron chi connectivity index (χ3n) is 5.00. The van der Waals surface area contributed by atoms with Crippen LogP contribution in [0.25, 0.3) is 5.57 Å². The lowest BCUT2D eigenvalue weighted by Gasteiger charge is -2.19. The van der Waals surface area contributed by atoms with E-state index in [0.29, 0.717) is 23.6 Å². The second-order valence-corrected chi connectivity index (χ2v) is 7.62. The molecule has 0 saturated carbocycles. The highest BCUT2D eigenvalue weighted by Crippen LogP contribution is 2.33. The van der Waals surface area contributed by atoms with Crippen molar-refractivity contribution >= 4 is 23.1 Å². The molecule has 0 unspecified atom stereocenters. The van der Waals surface area contributed by atoms with Crippen LogP contribution in [0.4, 0.5) is 5.69 Å². The zero-order valence-corrected chi connectivity index (χ0v) is 17.7. The molecule has 0 radical (unpaired) electrons. The smallest absolute Gasteiger partial charge is 0.278 e. The van der Waals surface area contributed by atoms with Crippen LogP contribution in [0.3, 0.4) is 0 Å². The molecule has 0 aliphatic carbocycles. The number of anilines is 1. The highest BCUT2D eigenvalue weighted by Gasteiger charge is 2.40. The number of rotatable bonds is 7. The third-order valence-corrected chi connectivity index (χ3v) is 5.00. The SMILES string of the molecule is CCCOc1cccc(NC2=C(c3ccc(C)c(C)c3)C(=O)N(C(C)C)C2=O)c1. The average molecular weight is 392 g/mol. The number of amides is 2. The number of carbonyl (C=O) groups excluding carboxylic acids is 2.